The molecule has 2 saturated heterocycles. The smallest absolute Gasteiger partial charge is 0.259 e. The van der Waals surface area contributed by atoms with Crippen molar-refractivity contribution in [2.75, 3.05) is 0 Å². The van der Waals surface area contributed by atoms with Gasteiger partial charge in [-0.2, -0.15) is 0 Å². The number of hydrogen-bond acceptors (Lipinski definition) is 3. The van der Waals surface area contributed by atoms with Gasteiger partial charge in [0.2, 0.25) is 0 Å². The van der Waals surface area contributed by atoms with Gasteiger partial charge in [-0.1, -0.05) is 0 Å². The standard InChI is InChI=1S/C14H19N3O2/c1-8-4-13(18)12(7-16-8)14(19)17-10-2-3-11(17)6-9(15)5-10/h4,7,9-11H,2-3,5-6,15H2,1H3,(H,16,18). The average molecular weight is 261 g/mol. The average Bonchev–Trinajstić information content (AvgIpc) is 2.61. The first-order valence-corrected chi connectivity index (χ1v) is 6.84. The molecular formula is C14H19N3O2. The van der Waals surface area contributed by atoms with E-state index in [1.807, 2.05) is 4.90 Å². The van der Waals surface area contributed by atoms with Crippen LogP contribution in [0.2, 0.25) is 0 Å². The third kappa shape index (κ3) is 2.08. The van der Waals surface area contributed by atoms with Crippen molar-refractivity contribution < 1.29 is 4.79 Å². The number of piperidine rings is 1. The van der Waals surface area contributed by atoms with E-state index in [2.05, 4.69) is 4.98 Å². The van der Waals surface area contributed by atoms with Crippen LogP contribution in [0.1, 0.15) is 41.7 Å². The predicted molar refractivity (Wildman–Crippen MR) is 72.0 cm³/mol. The summed E-state index contributed by atoms with van der Waals surface area (Å²) in [6.45, 7) is 1.80. The molecule has 1 aromatic rings. The lowest BCUT2D eigenvalue weighted by Gasteiger charge is -2.37. The Morgan fingerprint density at radius 3 is 2.58 bits per heavy atom. The lowest BCUT2D eigenvalue weighted by molar-refractivity contribution is 0.0573. The molecule has 102 valence electrons. The van der Waals surface area contributed by atoms with Crippen LogP contribution in [0.5, 0.6) is 0 Å². The van der Waals surface area contributed by atoms with Crippen molar-refractivity contribution in [3.05, 3.63) is 33.7 Å². The number of aromatic nitrogens is 1. The maximum atomic E-state index is 12.6. The van der Waals surface area contributed by atoms with Gasteiger partial charge < -0.3 is 15.6 Å². The molecule has 5 nitrogen and oxygen atoms in total. The Bertz CT molecular complexity index is 552. The van der Waals surface area contributed by atoms with Crippen LogP contribution >= 0.6 is 0 Å². The number of H-pyrrole nitrogens is 1. The highest BCUT2D eigenvalue weighted by molar-refractivity contribution is 5.94. The quantitative estimate of drug-likeness (QED) is 0.784. The lowest BCUT2D eigenvalue weighted by Crippen LogP contribution is -2.50. The monoisotopic (exact) mass is 261 g/mol. The van der Waals surface area contributed by atoms with E-state index in [0.29, 0.717) is 0 Å². The molecular weight excluding hydrogens is 242 g/mol. The molecule has 0 saturated carbocycles. The first-order chi connectivity index (χ1) is 9.06. The van der Waals surface area contributed by atoms with Crippen LogP contribution in [0.25, 0.3) is 0 Å². The summed E-state index contributed by atoms with van der Waals surface area (Å²) in [7, 11) is 0. The summed E-state index contributed by atoms with van der Waals surface area (Å²) in [4.78, 5) is 29.3. The molecule has 0 radical (unpaired) electrons. The number of nitrogens with two attached hydrogens (primary N) is 1. The number of rotatable bonds is 1. The topological polar surface area (TPSA) is 79.2 Å². The fourth-order valence-corrected chi connectivity index (χ4v) is 3.43. The second-order valence-corrected chi connectivity index (χ2v) is 5.72. The third-order valence-corrected chi connectivity index (χ3v) is 4.29. The lowest BCUT2D eigenvalue weighted by atomic mass is 9.97. The van der Waals surface area contributed by atoms with Gasteiger partial charge in [0.15, 0.2) is 5.43 Å². The number of amides is 1. The minimum atomic E-state index is -0.199. The van der Waals surface area contributed by atoms with Crippen LogP contribution in [0.15, 0.2) is 17.1 Å². The molecule has 2 unspecified atom stereocenters. The van der Waals surface area contributed by atoms with E-state index in [1.165, 1.54) is 12.3 Å². The highest BCUT2D eigenvalue weighted by Crippen LogP contribution is 2.35. The Morgan fingerprint density at radius 1 is 1.37 bits per heavy atom. The van der Waals surface area contributed by atoms with Crippen molar-refractivity contribution in [1.29, 1.82) is 0 Å². The zero-order valence-corrected chi connectivity index (χ0v) is 11.1. The van der Waals surface area contributed by atoms with E-state index in [-0.39, 0.29) is 35.0 Å². The van der Waals surface area contributed by atoms with Crippen molar-refractivity contribution in [2.45, 2.75) is 50.7 Å². The maximum absolute atomic E-state index is 12.6. The van der Waals surface area contributed by atoms with Gasteiger partial charge in [-0.15, -0.1) is 0 Å². The summed E-state index contributed by atoms with van der Waals surface area (Å²) in [5.74, 6) is -0.138. The first-order valence-electron chi connectivity index (χ1n) is 6.84. The molecule has 2 bridgehead atoms. The van der Waals surface area contributed by atoms with E-state index in [0.717, 1.165) is 31.4 Å². The Labute approximate surface area is 111 Å². The molecule has 3 rings (SSSR count). The molecule has 2 atom stereocenters. The second kappa shape index (κ2) is 4.49. The Balaban J connectivity index is 1.91. The van der Waals surface area contributed by atoms with E-state index < -0.39 is 0 Å². The Morgan fingerprint density at radius 2 is 2.00 bits per heavy atom. The second-order valence-electron chi connectivity index (χ2n) is 5.72. The van der Waals surface area contributed by atoms with E-state index in [1.54, 1.807) is 6.92 Å². The molecule has 19 heavy (non-hydrogen) atoms. The number of fused-ring (bicyclic) bond motifs is 2. The predicted octanol–water partition coefficient (Wildman–Crippen LogP) is 0.778. The summed E-state index contributed by atoms with van der Waals surface area (Å²) in [6, 6.07) is 2.09. The molecule has 2 aliphatic heterocycles. The molecule has 2 aliphatic rings. The number of carbonyl (C=O) groups excluding carboxylic acids is 1. The van der Waals surface area contributed by atoms with Crippen LogP contribution in [-0.2, 0) is 0 Å². The minimum absolute atomic E-state index is 0.138. The summed E-state index contributed by atoms with van der Waals surface area (Å²) < 4.78 is 0. The summed E-state index contributed by atoms with van der Waals surface area (Å²) in [6.07, 6.45) is 5.26. The van der Waals surface area contributed by atoms with Gasteiger partial charge in [-0.05, 0) is 32.6 Å². The Hall–Kier alpha value is -1.62. The van der Waals surface area contributed by atoms with Gasteiger partial charge >= 0.3 is 0 Å². The normalized spacial score (nSPS) is 29.6. The number of nitrogens with one attached hydrogen (secondary N) is 1. The van der Waals surface area contributed by atoms with Gasteiger partial charge in [0.05, 0.1) is 0 Å². The largest absolute Gasteiger partial charge is 0.364 e. The number of nitrogens with zero attached hydrogens (tertiary/aromatic N) is 1. The first kappa shape index (κ1) is 12.4. The van der Waals surface area contributed by atoms with Gasteiger partial charge in [-0.25, -0.2) is 0 Å². The fraction of sp³-hybridized carbons (Fsp3) is 0.571. The summed E-state index contributed by atoms with van der Waals surface area (Å²) in [5.41, 5.74) is 6.82. The molecule has 0 aromatic carbocycles. The molecule has 5 heteroatoms. The fourth-order valence-electron chi connectivity index (χ4n) is 3.43. The molecule has 1 aromatic heterocycles. The molecule has 1 amide bonds. The highest BCUT2D eigenvalue weighted by atomic mass is 16.2. The van der Waals surface area contributed by atoms with Crippen molar-refractivity contribution >= 4 is 5.91 Å². The van der Waals surface area contributed by atoms with Crippen LogP contribution < -0.4 is 11.2 Å². The van der Waals surface area contributed by atoms with Crippen molar-refractivity contribution in [2.24, 2.45) is 5.73 Å². The van der Waals surface area contributed by atoms with Crippen LogP contribution in [0.4, 0.5) is 0 Å². The molecule has 0 aliphatic carbocycles. The van der Waals surface area contributed by atoms with E-state index >= 15 is 0 Å². The van der Waals surface area contributed by atoms with Crippen molar-refractivity contribution in [3.63, 3.8) is 0 Å². The highest BCUT2D eigenvalue weighted by Gasteiger charge is 2.42. The Kier molecular flexibility index (Phi) is 2.93. The van der Waals surface area contributed by atoms with E-state index in [4.69, 9.17) is 5.73 Å². The van der Waals surface area contributed by atoms with Gasteiger partial charge in [0.25, 0.3) is 5.91 Å². The van der Waals surface area contributed by atoms with Crippen LogP contribution in [0, 0.1) is 6.92 Å². The van der Waals surface area contributed by atoms with Crippen LogP contribution in [-0.4, -0.2) is 33.9 Å². The minimum Gasteiger partial charge on any atom is -0.364 e. The molecule has 3 heterocycles. The van der Waals surface area contributed by atoms with Crippen molar-refractivity contribution in [3.8, 4) is 0 Å². The number of pyridine rings is 1. The molecule has 0 spiro atoms. The zero-order valence-electron chi connectivity index (χ0n) is 11.1. The van der Waals surface area contributed by atoms with E-state index in [9.17, 15) is 9.59 Å². The van der Waals surface area contributed by atoms with Crippen LogP contribution in [0.3, 0.4) is 0 Å². The van der Waals surface area contributed by atoms with Gasteiger partial charge in [0, 0.05) is 36.1 Å². The zero-order chi connectivity index (χ0) is 13.6. The van der Waals surface area contributed by atoms with Gasteiger partial charge in [-0.3, -0.25) is 9.59 Å². The molecule has 2 fully saturated rings. The SMILES string of the molecule is Cc1cc(=O)c(C(=O)N2C3CCC2CC(N)C3)c[nH]1. The molecule has 3 N–H and O–H groups in total. The number of carbonyl (C=O) groups is 1. The third-order valence-electron chi connectivity index (χ3n) is 4.29. The summed E-state index contributed by atoms with van der Waals surface area (Å²) >= 11 is 0. The number of hydrogen-bond donors (Lipinski definition) is 2. The van der Waals surface area contributed by atoms with Gasteiger partial charge in [0.1, 0.15) is 5.56 Å². The number of aromatic amines is 1. The van der Waals surface area contributed by atoms with Crippen molar-refractivity contribution in [1.82, 2.24) is 9.88 Å². The number of aryl methyl sites for hydroxylation is 1. The summed E-state index contributed by atoms with van der Waals surface area (Å²) in [5, 5.41) is 0. The maximum Gasteiger partial charge on any atom is 0.259 e.